The van der Waals surface area contributed by atoms with Gasteiger partial charge in [0.25, 0.3) is 0 Å². The van der Waals surface area contributed by atoms with Crippen molar-refractivity contribution in [2.75, 3.05) is 0 Å². The zero-order valence-corrected chi connectivity index (χ0v) is 8.49. The minimum Gasteiger partial charge on any atom is -0.392 e. The Labute approximate surface area is 88.8 Å². The summed E-state index contributed by atoms with van der Waals surface area (Å²) < 4.78 is 72.7. The molecule has 1 nitrogen and oxygen atoms in total. The molecular weight excluding hydrogens is 238 g/mol. The van der Waals surface area contributed by atoms with Crippen LogP contribution in [0.25, 0.3) is 0 Å². The highest BCUT2D eigenvalue weighted by atomic mass is 19.4. The van der Waals surface area contributed by atoms with E-state index in [-0.39, 0.29) is 12.0 Å². The lowest BCUT2D eigenvalue weighted by Gasteiger charge is -2.27. The van der Waals surface area contributed by atoms with Crippen molar-refractivity contribution in [2.24, 2.45) is 5.92 Å². The van der Waals surface area contributed by atoms with Crippen molar-refractivity contribution in [1.29, 1.82) is 0 Å². The number of alkyl halides is 6. The Hall–Kier alpha value is -0.720. The molecule has 0 fully saturated rings. The third-order valence-electron chi connectivity index (χ3n) is 2.09. The summed E-state index contributed by atoms with van der Waals surface area (Å²) in [6.07, 6.45) is -14.0. The van der Waals surface area contributed by atoms with Gasteiger partial charge in [-0.1, -0.05) is 19.1 Å². The van der Waals surface area contributed by atoms with Crippen LogP contribution in [0.5, 0.6) is 0 Å². The molecule has 0 aliphatic heterocycles. The summed E-state index contributed by atoms with van der Waals surface area (Å²) >= 11 is 0. The molecule has 1 unspecified atom stereocenters. The van der Waals surface area contributed by atoms with Crippen LogP contribution in [0, 0.1) is 5.92 Å². The van der Waals surface area contributed by atoms with Crippen molar-refractivity contribution in [1.82, 2.24) is 0 Å². The van der Waals surface area contributed by atoms with Gasteiger partial charge >= 0.3 is 12.4 Å². The smallest absolute Gasteiger partial charge is 0.392 e. The van der Waals surface area contributed by atoms with Gasteiger partial charge in [0.15, 0.2) is 5.92 Å². The first-order valence-electron chi connectivity index (χ1n) is 4.48. The average Bonchev–Trinajstić information content (AvgIpc) is 1.97. The molecule has 0 saturated heterocycles. The topological polar surface area (TPSA) is 20.2 Å². The van der Waals surface area contributed by atoms with Crippen LogP contribution in [0.15, 0.2) is 12.2 Å². The number of hydrogen-bond donors (Lipinski definition) is 1. The highest BCUT2D eigenvalue weighted by molar-refractivity contribution is 4.98. The second-order valence-electron chi connectivity index (χ2n) is 3.44. The van der Waals surface area contributed by atoms with Gasteiger partial charge in [0.1, 0.15) is 0 Å². The SMILES string of the molecule is C=C(CC)CC(O)C(C(F)(F)F)C(F)(F)F. The van der Waals surface area contributed by atoms with Gasteiger partial charge in [-0.3, -0.25) is 0 Å². The Morgan fingerprint density at radius 3 is 1.75 bits per heavy atom. The lowest BCUT2D eigenvalue weighted by atomic mass is 9.94. The second-order valence-corrected chi connectivity index (χ2v) is 3.44. The lowest BCUT2D eigenvalue weighted by Crippen LogP contribution is -2.44. The summed E-state index contributed by atoms with van der Waals surface area (Å²) in [5, 5.41) is 8.98. The molecule has 0 bridgehead atoms. The molecule has 0 rings (SSSR count). The zero-order chi connectivity index (χ0) is 13.1. The lowest BCUT2D eigenvalue weighted by molar-refractivity contribution is -0.305. The van der Waals surface area contributed by atoms with Crippen molar-refractivity contribution in [3.8, 4) is 0 Å². The number of halogens is 6. The van der Waals surface area contributed by atoms with E-state index in [9.17, 15) is 26.3 Å². The maximum atomic E-state index is 12.1. The first kappa shape index (κ1) is 15.3. The monoisotopic (exact) mass is 250 g/mol. The van der Waals surface area contributed by atoms with Crippen molar-refractivity contribution in [3.05, 3.63) is 12.2 Å². The predicted molar refractivity (Wildman–Crippen MR) is 45.7 cm³/mol. The zero-order valence-electron chi connectivity index (χ0n) is 8.49. The van der Waals surface area contributed by atoms with Crippen LogP contribution in [-0.2, 0) is 0 Å². The third kappa shape index (κ3) is 4.42. The van der Waals surface area contributed by atoms with Gasteiger partial charge in [-0.05, 0) is 12.8 Å². The van der Waals surface area contributed by atoms with E-state index in [1.807, 2.05) is 0 Å². The largest absolute Gasteiger partial charge is 0.403 e. The molecule has 0 spiro atoms. The molecule has 0 aliphatic carbocycles. The number of hydrogen-bond acceptors (Lipinski definition) is 1. The van der Waals surface area contributed by atoms with E-state index < -0.39 is 30.8 Å². The molecule has 7 heteroatoms. The summed E-state index contributed by atoms with van der Waals surface area (Å²) in [6.45, 7) is 4.80. The molecule has 0 aliphatic rings. The third-order valence-corrected chi connectivity index (χ3v) is 2.09. The molecule has 16 heavy (non-hydrogen) atoms. The highest BCUT2D eigenvalue weighted by Gasteiger charge is 2.59. The molecule has 1 atom stereocenters. The Balaban J connectivity index is 4.86. The summed E-state index contributed by atoms with van der Waals surface area (Å²) in [6, 6.07) is 0. The summed E-state index contributed by atoms with van der Waals surface area (Å²) in [4.78, 5) is 0. The van der Waals surface area contributed by atoms with E-state index in [1.54, 1.807) is 0 Å². The van der Waals surface area contributed by atoms with E-state index in [0.29, 0.717) is 0 Å². The van der Waals surface area contributed by atoms with Gasteiger partial charge in [-0.25, -0.2) is 0 Å². The van der Waals surface area contributed by atoms with E-state index in [2.05, 4.69) is 6.58 Å². The van der Waals surface area contributed by atoms with Gasteiger partial charge in [-0.15, -0.1) is 0 Å². The van der Waals surface area contributed by atoms with E-state index in [4.69, 9.17) is 5.11 Å². The maximum Gasteiger partial charge on any atom is 0.403 e. The minimum absolute atomic E-state index is 0.144. The predicted octanol–water partition coefficient (Wildman–Crippen LogP) is 3.44. The van der Waals surface area contributed by atoms with E-state index >= 15 is 0 Å². The molecular formula is C9H12F6O. The molecule has 0 amide bonds. The van der Waals surface area contributed by atoms with Crippen LogP contribution in [0.2, 0.25) is 0 Å². The van der Waals surface area contributed by atoms with Crippen molar-refractivity contribution in [2.45, 2.75) is 38.2 Å². The van der Waals surface area contributed by atoms with Gasteiger partial charge in [0.2, 0.25) is 0 Å². The Morgan fingerprint density at radius 2 is 1.50 bits per heavy atom. The van der Waals surface area contributed by atoms with Crippen molar-refractivity contribution < 1.29 is 31.4 Å². The van der Waals surface area contributed by atoms with E-state index in [0.717, 1.165) is 0 Å². The van der Waals surface area contributed by atoms with Crippen LogP contribution in [0.4, 0.5) is 26.3 Å². The van der Waals surface area contributed by atoms with Gasteiger partial charge < -0.3 is 5.11 Å². The van der Waals surface area contributed by atoms with Gasteiger partial charge in [0.05, 0.1) is 6.10 Å². The van der Waals surface area contributed by atoms with Crippen molar-refractivity contribution in [3.63, 3.8) is 0 Å². The second kappa shape index (κ2) is 5.07. The first-order chi connectivity index (χ1) is 7.00. The first-order valence-corrected chi connectivity index (χ1v) is 4.48. The van der Waals surface area contributed by atoms with Gasteiger partial charge in [-0.2, -0.15) is 26.3 Å². The fourth-order valence-corrected chi connectivity index (χ4v) is 1.18. The highest BCUT2D eigenvalue weighted by Crippen LogP contribution is 2.42. The number of aliphatic hydroxyl groups excluding tert-OH is 1. The molecule has 0 aromatic carbocycles. The molecule has 96 valence electrons. The molecule has 0 aromatic rings. The Morgan fingerprint density at radius 1 is 1.12 bits per heavy atom. The summed E-state index contributed by atoms with van der Waals surface area (Å²) in [5.74, 6) is -3.72. The summed E-state index contributed by atoms with van der Waals surface area (Å²) in [5.41, 5.74) is 0.144. The molecule has 0 aromatic heterocycles. The molecule has 0 heterocycles. The van der Waals surface area contributed by atoms with E-state index in [1.165, 1.54) is 6.92 Å². The normalized spacial score (nSPS) is 15.3. The Kier molecular flexibility index (Phi) is 4.85. The van der Waals surface area contributed by atoms with Crippen molar-refractivity contribution >= 4 is 0 Å². The van der Waals surface area contributed by atoms with Crippen LogP contribution in [-0.4, -0.2) is 23.6 Å². The maximum absolute atomic E-state index is 12.1. The number of aliphatic hydroxyl groups is 1. The molecule has 0 radical (unpaired) electrons. The molecule has 1 N–H and O–H groups in total. The van der Waals surface area contributed by atoms with Gasteiger partial charge in [0, 0.05) is 0 Å². The summed E-state index contributed by atoms with van der Waals surface area (Å²) in [7, 11) is 0. The number of rotatable bonds is 4. The van der Waals surface area contributed by atoms with Crippen LogP contribution in [0.1, 0.15) is 19.8 Å². The standard InChI is InChI=1S/C9H12F6O/c1-3-5(2)4-6(16)7(8(10,11)12)9(13,14)15/h6-7,16H,2-4H2,1H3. The van der Waals surface area contributed by atoms with Crippen LogP contribution >= 0.6 is 0 Å². The fourth-order valence-electron chi connectivity index (χ4n) is 1.18. The fraction of sp³-hybridized carbons (Fsp3) is 0.778. The molecule has 0 saturated carbocycles. The van der Waals surface area contributed by atoms with Crippen LogP contribution < -0.4 is 0 Å². The minimum atomic E-state index is -5.51. The van der Waals surface area contributed by atoms with Crippen LogP contribution in [0.3, 0.4) is 0 Å². The quantitative estimate of drug-likeness (QED) is 0.598. The average molecular weight is 250 g/mol. The Bertz CT molecular complexity index is 227.